The summed E-state index contributed by atoms with van der Waals surface area (Å²) in [6.45, 7) is -0.848. The first-order chi connectivity index (χ1) is 16.8. The van der Waals surface area contributed by atoms with Gasteiger partial charge in [0.2, 0.25) is 0 Å². The van der Waals surface area contributed by atoms with Gasteiger partial charge in [-0.25, -0.2) is 9.18 Å². The molecule has 2 aromatic carbocycles. The zero-order valence-corrected chi connectivity index (χ0v) is 17.8. The van der Waals surface area contributed by atoms with Gasteiger partial charge in [0.05, 0.1) is 30.2 Å². The van der Waals surface area contributed by atoms with Gasteiger partial charge in [-0.3, -0.25) is 9.47 Å². The number of halogens is 1. The van der Waals surface area contributed by atoms with Crippen LogP contribution in [-0.4, -0.2) is 47.2 Å². The predicted molar refractivity (Wildman–Crippen MR) is 123 cm³/mol. The van der Waals surface area contributed by atoms with E-state index in [1.807, 2.05) is 18.2 Å². The molecule has 2 aliphatic heterocycles. The molecule has 0 amide bonds. The first-order valence-electron chi connectivity index (χ1n) is 12.2. The van der Waals surface area contributed by atoms with Gasteiger partial charge >= 0.3 is 5.69 Å². The van der Waals surface area contributed by atoms with E-state index in [4.69, 9.17) is 8.85 Å². The number of aryl methyl sites for hydroxylation is 1. The van der Waals surface area contributed by atoms with E-state index in [0.29, 0.717) is 30.0 Å². The molecule has 7 heteroatoms. The number of benzene rings is 2. The van der Waals surface area contributed by atoms with Gasteiger partial charge in [-0.15, -0.1) is 0 Å². The Morgan fingerprint density at radius 3 is 2.94 bits per heavy atom. The van der Waals surface area contributed by atoms with Crippen molar-refractivity contribution in [2.45, 2.75) is 25.5 Å². The molecule has 0 N–H and O–H groups in total. The van der Waals surface area contributed by atoms with E-state index in [1.165, 1.54) is 18.2 Å². The van der Waals surface area contributed by atoms with Crippen LogP contribution in [0.1, 0.15) is 28.1 Å². The lowest BCUT2D eigenvalue weighted by atomic mass is 10.0. The van der Waals surface area contributed by atoms with Crippen molar-refractivity contribution in [1.29, 1.82) is 0 Å². The van der Waals surface area contributed by atoms with Crippen LogP contribution < -0.4 is 10.6 Å². The Balaban J connectivity index is 1.69. The van der Waals surface area contributed by atoms with Crippen molar-refractivity contribution in [3.8, 4) is 11.8 Å². The lowest BCUT2D eigenvalue weighted by molar-refractivity contribution is 0.133. The van der Waals surface area contributed by atoms with Crippen molar-refractivity contribution in [2.75, 3.05) is 31.6 Å². The van der Waals surface area contributed by atoms with Gasteiger partial charge in [-0.1, -0.05) is 24.0 Å². The lowest BCUT2D eigenvalue weighted by Gasteiger charge is -2.25. The summed E-state index contributed by atoms with van der Waals surface area (Å²) < 4.78 is 44.9. The van der Waals surface area contributed by atoms with Crippen LogP contribution >= 0.6 is 0 Å². The molecule has 1 fully saturated rings. The Bertz CT molecular complexity index is 1410. The zero-order chi connectivity index (χ0) is 24.7. The van der Waals surface area contributed by atoms with Crippen molar-refractivity contribution in [3.05, 3.63) is 63.8 Å². The summed E-state index contributed by atoms with van der Waals surface area (Å²) >= 11 is 0. The molecule has 2 aliphatic rings. The average molecular weight is 436 g/mol. The van der Waals surface area contributed by atoms with E-state index >= 15 is 4.39 Å². The smallest absolute Gasteiger partial charge is 0.349 e. The summed E-state index contributed by atoms with van der Waals surface area (Å²) in [6.07, 6.45) is 2.14. The summed E-state index contributed by atoms with van der Waals surface area (Å²) in [4.78, 5) is 20.9. The molecule has 5 rings (SSSR count). The fourth-order valence-electron chi connectivity index (χ4n) is 4.44. The molecule has 0 spiro atoms. The Hall–Kier alpha value is -3.21. The third-order valence-corrected chi connectivity index (χ3v) is 6.15. The highest BCUT2D eigenvalue weighted by molar-refractivity contribution is 5.92. The standard InChI is InChI=1S/C25H25FN4O2/c1-28-13-5-7-18(28)12-11-17-6-3-9-21-19(17)16-32-15-14-30(21)24-23-20(26)8-4-10-22(23)29(2)25(31)27-24/h3-4,6,8-10,18H,5,7,13-16H2,1-2H3/i2D3. The monoisotopic (exact) mass is 435 g/mol. The van der Waals surface area contributed by atoms with E-state index < -0.39 is 18.5 Å². The summed E-state index contributed by atoms with van der Waals surface area (Å²) in [6, 6.07) is 9.88. The predicted octanol–water partition coefficient (Wildman–Crippen LogP) is 3.19. The second kappa shape index (κ2) is 8.38. The maximum absolute atomic E-state index is 15.2. The molecule has 0 aliphatic carbocycles. The quantitative estimate of drug-likeness (QED) is 0.550. The molecule has 32 heavy (non-hydrogen) atoms. The van der Waals surface area contributed by atoms with Gasteiger partial charge in [0.15, 0.2) is 5.82 Å². The normalized spacial score (nSPS) is 20.6. The highest BCUT2D eigenvalue weighted by Gasteiger charge is 2.25. The molecular formula is C25H25FN4O2. The first kappa shape index (κ1) is 17.4. The molecule has 1 unspecified atom stereocenters. The largest absolute Gasteiger partial charge is 0.375 e. The van der Waals surface area contributed by atoms with E-state index in [9.17, 15) is 4.79 Å². The number of rotatable bonds is 1. The number of anilines is 2. The van der Waals surface area contributed by atoms with Crippen molar-refractivity contribution < 1.29 is 13.2 Å². The lowest BCUT2D eigenvalue weighted by Crippen LogP contribution is -2.28. The fraction of sp³-hybridized carbons (Fsp3) is 0.360. The number of hydrogen-bond donors (Lipinski definition) is 0. The zero-order valence-electron chi connectivity index (χ0n) is 20.8. The fourth-order valence-corrected chi connectivity index (χ4v) is 4.44. The van der Waals surface area contributed by atoms with Gasteiger partial charge in [-0.2, -0.15) is 4.98 Å². The third kappa shape index (κ3) is 3.56. The molecule has 0 saturated carbocycles. The summed E-state index contributed by atoms with van der Waals surface area (Å²) in [5, 5.41) is -0.0276. The van der Waals surface area contributed by atoms with Gasteiger partial charge in [-0.05, 0) is 50.7 Å². The molecule has 6 nitrogen and oxygen atoms in total. The van der Waals surface area contributed by atoms with Crippen molar-refractivity contribution >= 4 is 22.4 Å². The Labute approximate surface area is 190 Å². The minimum Gasteiger partial charge on any atom is -0.375 e. The van der Waals surface area contributed by atoms with Crippen molar-refractivity contribution in [2.24, 2.45) is 6.98 Å². The molecular weight excluding hydrogens is 407 g/mol. The Morgan fingerprint density at radius 2 is 2.12 bits per heavy atom. The van der Waals surface area contributed by atoms with Gasteiger partial charge in [0, 0.05) is 34.4 Å². The number of aromatic nitrogens is 2. The molecule has 0 radical (unpaired) electrons. The number of nitrogens with zero attached hydrogens (tertiary/aromatic N) is 4. The van der Waals surface area contributed by atoms with Crippen LogP contribution in [0.25, 0.3) is 10.9 Å². The summed E-state index contributed by atoms with van der Waals surface area (Å²) in [5.41, 5.74) is 1.33. The van der Waals surface area contributed by atoms with Crippen LogP contribution in [0.15, 0.2) is 41.2 Å². The van der Waals surface area contributed by atoms with Crippen LogP contribution in [0.4, 0.5) is 15.9 Å². The molecule has 1 atom stereocenters. The van der Waals surface area contributed by atoms with Gasteiger partial charge in [0.1, 0.15) is 5.82 Å². The minimum atomic E-state index is -2.80. The first-order valence-corrected chi connectivity index (χ1v) is 10.7. The SMILES string of the molecule is [2H]C([2H])([2H])n1c(=O)nc(N2CCOCc3c(C#CC4CCCN4C)cccc32)c2c(F)cccc21. The van der Waals surface area contributed by atoms with Gasteiger partial charge < -0.3 is 9.64 Å². The topological polar surface area (TPSA) is 50.6 Å². The molecule has 1 aromatic heterocycles. The van der Waals surface area contributed by atoms with E-state index in [2.05, 4.69) is 28.8 Å². The molecule has 3 aromatic rings. The number of fused-ring (bicyclic) bond motifs is 2. The average Bonchev–Trinajstić information content (AvgIpc) is 3.08. The van der Waals surface area contributed by atoms with Crippen LogP contribution in [0.2, 0.25) is 0 Å². The Morgan fingerprint density at radius 1 is 1.25 bits per heavy atom. The summed E-state index contributed by atoms with van der Waals surface area (Å²) in [5.74, 6) is 6.06. The minimum absolute atomic E-state index is 0.0276. The number of ether oxygens (including phenoxy) is 1. The number of hydrogen-bond acceptors (Lipinski definition) is 5. The van der Waals surface area contributed by atoms with Crippen LogP contribution in [0.5, 0.6) is 0 Å². The van der Waals surface area contributed by atoms with Crippen LogP contribution in [0.3, 0.4) is 0 Å². The second-order valence-corrected chi connectivity index (χ2v) is 8.10. The van der Waals surface area contributed by atoms with E-state index in [0.717, 1.165) is 30.5 Å². The Kier molecular flexibility index (Phi) is 4.54. The highest BCUT2D eigenvalue weighted by atomic mass is 19.1. The number of likely N-dealkylation sites (tertiary alicyclic amines) is 1. The van der Waals surface area contributed by atoms with Crippen molar-refractivity contribution in [3.63, 3.8) is 0 Å². The second-order valence-electron chi connectivity index (χ2n) is 8.10. The van der Waals surface area contributed by atoms with E-state index in [1.54, 1.807) is 4.90 Å². The highest BCUT2D eigenvalue weighted by Crippen LogP contribution is 2.35. The van der Waals surface area contributed by atoms with Crippen LogP contribution in [0, 0.1) is 17.7 Å². The molecule has 3 heterocycles. The van der Waals surface area contributed by atoms with Crippen LogP contribution in [-0.2, 0) is 18.3 Å². The molecule has 0 bridgehead atoms. The third-order valence-electron chi connectivity index (χ3n) is 6.15. The maximum Gasteiger partial charge on any atom is 0.349 e. The maximum atomic E-state index is 15.2. The summed E-state index contributed by atoms with van der Waals surface area (Å²) in [7, 11) is 2.06. The van der Waals surface area contributed by atoms with E-state index in [-0.39, 0.29) is 22.8 Å². The van der Waals surface area contributed by atoms with Crippen molar-refractivity contribution in [1.82, 2.24) is 14.5 Å². The van der Waals surface area contributed by atoms with Gasteiger partial charge in [0.25, 0.3) is 0 Å². The molecule has 164 valence electrons. The molecule has 1 saturated heterocycles.